The number of ether oxygens (including phenoxy) is 3. The third-order valence-corrected chi connectivity index (χ3v) is 13.2. The normalized spacial score (nSPS) is 26.2. The molecule has 1 saturated carbocycles. The van der Waals surface area contributed by atoms with Crippen LogP contribution < -0.4 is 4.74 Å². The van der Waals surface area contributed by atoms with Crippen LogP contribution in [0, 0.1) is 11.8 Å². The number of hydrogen-bond donors (Lipinski definition) is 3. The van der Waals surface area contributed by atoms with E-state index in [9.17, 15) is 29.7 Å². The molecular weight excluding hydrogens is 749 g/mol. The summed E-state index contributed by atoms with van der Waals surface area (Å²) in [5.74, 6) is -2.54. The standard InChI is InChI=1S/C48H66N2O9/c1-30(2)12-11-13-32(5)15-17-35-40(52)36(16-14-31(3)4)43-39(41(35)53)42(54)37-28-34-29-38-46(7,8)59-47(44(34)55,48(37,38)58-43)19-18-33(6)45(56)57-27-10-9-20-49-21-23-50(24-22-49)25-26-51/h12,14-15,18,28,34,38,51-53H,9-11,13,16-17,19-27,29H2,1-8H3/b32-15+,33-18-. The molecule has 322 valence electrons. The van der Waals surface area contributed by atoms with Gasteiger partial charge in [-0.1, -0.05) is 47.1 Å². The van der Waals surface area contributed by atoms with E-state index in [0.717, 1.165) is 63.1 Å². The predicted molar refractivity (Wildman–Crippen MR) is 228 cm³/mol. The van der Waals surface area contributed by atoms with Gasteiger partial charge in [0.05, 0.1) is 18.8 Å². The number of carbonyl (C=O) groups excluding carboxylic acids is 3. The van der Waals surface area contributed by atoms with Gasteiger partial charge in [0.15, 0.2) is 22.8 Å². The van der Waals surface area contributed by atoms with E-state index in [1.54, 1.807) is 19.1 Å². The molecule has 7 rings (SSSR count). The van der Waals surface area contributed by atoms with E-state index in [-0.39, 0.29) is 72.2 Å². The van der Waals surface area contributed by atoms with Gasteiger partial charge < -0.3 is 34.4 Å². The Morgan fingerprint density at radius 3 is 2.20 bits per heavy atom. The molecule has 0 radical (unpaired) electrons. The Morgan fingerprint density at radius 1 is 0.881 bits per heavy atom. The molecule has 3 aliphatic carbocycles. The zero-order valence-electron chi connectivity index (χ0n) is 36.5. The van der Waals surface area contributed by atoms with Gasteiger partial charge >= 0.3 is 5.97 Å². The number of rotatable bonds is 17. The van der Waals surface area contributed by atoms with E-state index < -0.39 is 40.4 Å². The first-order chi connectivity index (χ1) is 28.0. The molecule has 1 spiro atoms. The lowest BCUT2D eigenvalue weighted by atomic mass is 9.51. The van der Waals surface area contributed by atoms with E-state index in [0.29, 0.717) is 30.5 Å². The highest BCUT2D eigenvalue weighted by atomic mass is 16.6. The zero-order valence-corrected chi connectivity index (χ0v) is 36.5. The van der Waals surface area contributed by atoms with Crippen molar-refractivity contribution in [1.82, 2.24) is 9.80 Å². The molecule has 4 unspecified atom stereocenters. The third kappa shape index (κ3) is 8.50. The Hall–Kier alpha value is -4.03. The first kappa shape index (κ1) is 44.5. The monoisotopic (exact) mass is 814 g/mol. The van der Waals surface area contributed by atoms with E-state index in [1.165, 1.54) is 5.57 Å². The number of unbranched alkanes of at least 4 members (excludes halogenated alkanes) is 1. The minimum atomic E-state index is -1.65. The highest BCUT2D eigenvalue weighted by Gasteiger charge is 2.81. The molecule has 3 fully saturated rings. The molecule has 11 nitrogen and oxygen atoms in total. The lowest BCUT2D eigenvalue weighted by Gasteiger charge is -2.56. The number of fused-ring (bicyclic) bond motifs is 1. The first-order valence-electron chi connectivity index (χ1n) is 21.6. The van der Waals surface area contributed by atoms with Gasteiger partial charge in [-0.3, -0.25) is 14.5 Å². The number of carbonyl (C=O) groups is 3. The van der Waals surface area contributed by atoms with Crippen molar-refractivity contribution in [3.8, 4) is 17.2 Å². The summed E-state index contributed by atoms with van der Waals surface area (Å²) < 4.78 is 19.7. The maximum atomic E-state index is 15.0. The number of ketones is 2. The van der Waals surface area contributed by atoms with Gasteiger partial charge in [0.1, 0.15) is 22.8 Å². The number of piperazine rings is 1. The summed E-state index contributed by atoms with van der Waals surface area (Å²) >= 11 is 0. The van der Waals surface area contributed by atoms with Crippen LogP contribution in [0.3, 0.4) is 0 Å². The molecule has 1 aromatic carbocycles. The SMILES string of the molecule is CC(C)=CCC/C(C)=C/Cc1c(O)c(CC=C(C)C)c2c(c1O)C(=O)C1=CC3CC4C(C)(C)OC(C/C=C(/C)C(=O)OCCCCN5CCN(CCO)CC5)(C3=O)C14O2. The number of benzene rings is 1. The Morgan fingerprint density at radius 2 is 1.54 bits per heavy atom. The third-order valence-electron chi connectivity index (χ3n) is 13.2. The molecule has 2 saturated heterocycles. The summed E-state index contributed by atoms with van der Waals surface area (Å²) in [5.41, 5.74) is 0.486. The molecule has 0 amide bonds. The van der Waals surface area contributed by atoms with Crippen molar-refractivity contribution in [2.75, 3.05) is 52.5 Å². The van der Waals surface area contributed by atoms with Crippen molar-refractivity contribution in [3.63, 3.8) is 0 Å². The Labute approximate surface area is 350 Å². The van der Waals surface area contributed by atoms with Crippen molar-refractivity contribution in [2.24, 2.45) is 11.8 Å². The fourth-order valence-corrected chi connectivity index (χ4v) is 9.89. The number of aromatic hydroxyl groups is 2. The lowest BCUT2D eigenvalue weighted by molar-refractivity contribution is -0.171. The summed E-state index contributed by atoms with van der Waals surface area (Å²) in [7, 11) is 0. The average Bonchev–Trinajstić information content (AvgIpc) is 3.33. The number of phenolic OH excluding ortho intramolecular Hbond substituents is 2. The molecule has 4 bridgehead atoms. The molecule has 3 N–H and O–H groups in total. The predicted octanol–water partition coefficient (Wildman–Crippen LogP) is 7.12. The van der Waals surface area contributed by atoms with Crippen LogP contribution in [0.5, 0.6) is 17.2 Å². The van der Waals surface area contributed by atoms with E-state index in [2.05, 4.69) is 29.7 Å². The van der Waals surface area contributed by atoms with Gasteiger partial charge in [0.25, 0.3) is 0 Å². The number of aliphatic hydroxyl groups excluding tert-OH is 1. The van der Waals surface area contributed by atoms with Crippen molar-refractivity contribution >= 4 is 17.5 Å². The smallest absolute Gasteiger partial charge is 0.333 e. The molecule has 6 aliphatic rings. The molecule has 3 heterocycles. The van der Waals surface area contributed by atoms with Gasteiger partial charge in [0.2, 0.25) is 0 Å². The molecule has 4 atom stereocenters. The quantitative estimate of drug-likeness (QED) is 0.0640. The maximum absolute atomic E-state index is 15.0. The molecule has 59 heavy (non-hydrogen) atoms. The fourth-order valence-electron chi connectivity index (χ4n) is 9.89. The summed E-state index contributed by atoms with van der Waals surface area (Å²) in [4.78, 5) is 47.6. The van der Waals surface area contributed by atoms with E-state index in [1.807, 2.05) is 46.8 Å². The number of phenols is 2. The Bertz CT molecular complexity index is 1970. The van der Waals surface area contributed by atoms with Crippen LogP contribution in [0.15, 0.2) is 58.2 Å². The van der Waals surface area contributed by atoms with Crippen molar-refractivity contribution in [1.29, 1.82) is 0 Å². The average molecular weight is 815 g/mol. The van der Waals surface area contributed by atoms with Crippen molar-refractivity contribution < 1.29 is 43.9 Å². The number of hydrogen-bond acceptors (Lipinski definition) is 11. The molecule has 11 heteroatoms. The number of esters is 1. The van der Waals surface area contributed by atoms with Crippen LogP contribution in [0.1, 0.15) is 115 Å². The fraction of sp³-hybridized carbons (Fsp3) is 0.604. The Kier molecular flexibility index (Phi) is 13.5. The second-order valence-corrected chi connectivity index (χ2v) is 18.3. The first-order valence-corrected chi connectivity index (χ1v) is 21.6. The van der Waals surface area contributed by atoms with Crippen LogP contribution >= 0.6 is 0 Å². The van der Waals surface area contributed by atoms with Crippen molar-refractivity contribution in [3.05, 3.63) is 74.9 Å². The van der Waals surface area contributed by atoms with Gasteiger partial charge in [0, 0.05) is 73.3 Å². The highest BCUT2D eigenvalue weighted by Crippen LogP contribution is 2.68. The zero-order chi connectivity index (χ0) is 42.9. The highest BCUT2D eigenvalue weighted by molar-refractivity contribution is 6.18. The second kappa shape index (κ2) is 17.9. The molecular formula is C48H66N2O9. The van der Waals surface area contributed by atoms with Gasteiger partial charge in [-0.25, -0.2) is 4.79 Å². The topological polar surface area (TPSA) is 146 Å². The van der Waals surface area contributed by atoms with E-state index >= 15 is 0 Å². The number of aliphatic hydroxyl groups is 1. The minimum absolute atomic E-state index is 0.00552. The molecule has 3 aliphatic heterocycles. The summed E-state index contributed by atoms with van der Waals surface area (Å²) in [6.07, 6.45) is 13.6. The molecule has 0 aromatic heterocycles. The van der Waals surface area contributed by atoms with Gasteiger partial charge in [-0.15, -0.1) is 0 Å². The van der Waals surface area contributed by atoms with Crippen LogP contribution in [0.4, 0.5) is 0 Å². The van der Waals surface area contributed by atoms with Crippen molar-refractivity contribution in [2.45, 2.75) is 124 Å². The van der Waals surface area contributed by atoms with Gasteiger partial charge in [-0.05, 0) is 107 Å². The van der Waals surface area contributed by atoms with Crippen LogP contribution in [0.2, 0.25) is 0 Å². The van der Waals surface area contributed by atoms with Crippen LogP contribution in [0.25, 0.3) is 0 Å². The number of β-amino-alcohol motifs (C(OH)–C–C–N with tert-alkyl or cyclic N) is 1. The van der Waals surface area contributed by atoms with Crippen LogP contribution in [-0.4, -0.2) is 112 Å². The number of allylic oxidation sites excluding steroid dienone is 7. The second-order valence-electron chi connectivity index (χ2n) is 18.3. The van der Waals surface area contributed by atoms with Crippen LogP contribution in [-0.2, 0) is 31.9 Å². The summed E-state index contributed by atoms with van der Waals surface area (Å²) in [6, 6.07) is 0. The van der Waals surface area contributed by atoms with Gasteiger partial charge in [-0.2, -0.15) is 0 Å². The number of nitrogens with zero attached hydrogens (tertiary/aromatic N) is 2. The Balaban J connectivity index is 1.27. The number of Topliss-reactive ketones (excluding diaryl/α,β-unsaturated/α-hetero) is 2. The van der Waals surface area contributed by atoms with E-state index in [4.69, 9.17) is 14.2 Å². The maximum Gasteiger partial charge on any atom is 0.333 e. The lowest BCUT2D eigenvalue weighted by Crippen LogP contribution is -2.72. The summed E-state index contributed by atoms with van der Waals surface area (Å²) in [6.45, 7) is 21.4. The minimum Gasteiger partial charge on any atom is -0.507 e. The summed E-state index contributed by atoms with van der Waals surface area (Å²) in [5, 5.41) is 33.0. The largest absolute Gasteiger partial charge is 0.507 e. The molecule has 1 aromatic rings.